The van der Waals surface area contributed by atoms with Crippen molar-refractivity contribution in [3.05, 3.63) is 23.8 Å². The summed E-state index contributed by atoms with van der Waals surface area (Å²) in [6.45, 7) is 7.62. The van der Waals surface area contributed by atoms with Crippen LogP contribution < -0.4 is 4.74 Å². The average molecular weight is 375 g/mol. The Labute approximate surface area is 148 Å². The molecule has 0 radical (unpaired) electrons. The van der Waals surface area contributed by atoms with Crippen molar-refractivity contribution < 1.29 is 17.9 Å². The molecule has 1 aromatic carbocycles. The Morgan fingerprint density at radius 2 is 1.88 bits per heavy atom. The number of benzene rings is 1. The summed E-state index contributed by atoms with van der Waals surface area (Å²) in [6, 6.07) is 4.28. The molecule has 0 aromatic heterocycles. The van der Waals surface area contributed by atoms with E-state index in [9.17, 15) is 13.2 Å². The van der Waals surface area contributed by atoms with Crippen molar-refractivity contribution in [3.63, 3.8) is 0 Å². The van der Waals surface area contributed by atoms with E-state index in [1.807, 2.05) is 6.92 Å². The molecule has 0 saturated carbocycles. The van der Waals surface area contributed by atoms with Crippen LogP contribution in [0.3, 0.4) is 0 Å². The first-order chi connectivity index (χ1) is 11.4. The van der Waals surface area contributed by atoms with Crippen molar-refractivity contribution in [1.29, 1.82) is 0 Å². The standard InChI is InChI=1S/C16H23ClN2O4S/c1-3-11-23-15-6-5-13(12-14(15)16(17)20)24(21,22)19-9-7-18(4-2)8-10-19/h5-6,12H,3-4,7-11H2,1-2H3. The highest BCUT2D eigenvalue weighted by molar-refractivity contribution is 7.89. The molecule has 1 saturated heterocycles. The smallest absolute Gasteiger partial charge is 0.256 e. The van der Waals surface area contributed by atoms with Gasteiger partial charge in [0.25, 0.3) is 5.24 Å². The fourth-order valence-electron chi connectivity index (χ4n) is 2.60. The second-order valence-electron chi connectivity index (χ2n) is 5.62. The molecular formula is C16H23ClN2O4S. The maximum absolute atomic E-state index is 12.8. The minimum absolute atomic E-state index is 0.0697. The number of carbonyl (C=O) groups is 1. The number of nitrogens with zero attached hydrogens (tertiary/aromatic N) is 2. The van der Waals surface area contributed by atoms with Crippen LogP contribution in [0, 0.1) is 0 Å². The summed E-state index contributed by atoms with van der Waals surface area (Å²) in [6.07, 6.45) is 0.775. The molecule has 134 valence electrons. The van der Waals surface area contributed by atoms with E-state index in [1.54, 1.807) is 0 Å². The van der Waals surface area contributed by atoms with E-state index in [1.165, 1.54) is 22.5 Å². The van der Waals surface area contributed by atoms with Crippen LogP contribution in [0.15, 0.2) is 23.1 Å². The van der Waals surface area contributed by atoms with Crippen molar-refractivity contribution in [2.45, 2.75) is 25.2 Å². The first-order valence-corrected chi connectivity index (χ1v) is 9.91. The van der Waals surface area contributed by atoms with Gasteiger partial charge < -0.3 is 9.64 Å². The highest BCUT2D eigenvalue weighted by atomic mass is 35.5. The molecule has 1 heterocycles. The Morgan fingerprint density at radius 3 is 2.42 bits per heavy atom. The van der Waals surface area contributed by atoms with Crippen LogP contribution in [0.2, 0.25) is 0 Å². The van der Waals surface area contributed by atoms with E-state index >= 15 is 0 Å². The third-order valence-electron chi connectivity index (χ3n) is 4.04. The highest BCUT2D eigenvalue weighted by Gasteiger charge is 2.29. The molecule has 1 fully saturated rings. The number of likely N-dealkylation sites (N-methyl/N-ethyl adjacent to an activating group) is 1. The number of rotatable bonds is 7. The van der Waals surface area contributed by atoms with Crippen LogP contribution in [0.4, 0.5) is 0 Å². The van der Waals surface area contributed by atoms with Gasteiger partial charge >= 0.3 is 0 Å². The third-order valence-corrected chi connectivity index (χ3v) is 6.14. The van der Waals surface area contributed by atoms with Crippen LogP contribution in [0.5, 0.6) is 5.75 Å². The van der Waals surface area contributed by atoms with Crippen molar-refractivity contribution in [2.24, 2.45) is 0 Å². The van der Waals surface area contributed by atoms with Gasteiger partial charge in [-0.2, -0.15) is 4.31 Å². The van der Waals surface area contributed by atoms with Gasteiger partial charge in [-0.15, -0.1) is 0 Å². The summed E-state index contributed by atoms with van der Waals surface area (Å²) in [5.41, 5.74) is 0.0818. The topological polar surface area (TPSA) is 66.9 Å². The van der Waals surface area contributed by atoms with Gasteiger partial charge in [0.05, 0.1) is 17.1 Å². The average Bonchev–Trinajstić information content (AvgIpc) is 2.59. The molecule has 0 spiro atoms. The lowest BCUT2D eigenvalue weighted by molar-refractivity contribution is 0.107. The minimum atomic E-state index is -3.65. The quantitative estimate of drug-likeness (QED) is 0.684. The van der Waals surface area contributed by atoms with Crippen LogP contribution >= 0.6 is 11.6 Å². The number of ether oxygens (including phenoxy) is 1. The van der Waals surface area contributed by atoms with Gasteiger partial charge in [0, 0.05) is 26.2 Å². The van der Waals surface area contributed by atoms with E-state index in [2.05, 4.69) is 11.8 Å². The molecule has 0 atom stereocenters. The summed E-state index contributed by atoms with van der Waals surface area (Å²) in [4.78, 5) is 13.9. The summed E-state index contributed by atoms with van der Waals surface area (Å²) in [5.74, 6) is 0.312. The maximum atomic E-state index is 12.8. The van der Waals surface area contributed by atoms with Gasteiger partial charge in [0.2, 0.25) is 10.0 Å². The molecule has 1 aromatic rings. The Balaban J connectivity index is 2.27. The SMILES string of the molecule is CCCOc1ccc(S(=O)(=O)N2CCN(CC)CC2)cc1C(=O)Cl. The number of carbonyl (C=O) groups excluding carboxylic acids is 1. The zero-order valence-corrected chi connectivity index (χ0v) is 15.6. The van der Waals surface area contributed by atoms with Crippen molar-refractivity contribution >= 4 is 26.9 Å². The first-order valence-electron chi connectivity index (χ1n) is 8.09. The van der Waals surface area contributed by atoms with E-state index < -0.39 is 15.3 Å². The minimum Gasteiger partial charge on any atom is -0.493 e. The molecule has 0 amide bonds. The molecule has 8 heteroatoms. The van der Waals surface area contributed by atoms with Gasteiger partial charge in [0.15, 0.2) is 0 Å². The van der Waals surface area contributed by atoms with Gasteiger partial charge in [-0.05, 0) is 42.8 Å². The largest absolute Gasteiger partial charge is 0.493 e. The first kappa shape index (κ1) is 19.2. The van der Waals surface area contributed by atoms with Gasteiger partial charge in [0.1, 0.15) is 5.75 Å². The molecular weight excluding hydrogens is 352 g/mol. The number of piperazine rings is 1. The van der Waals surface area contributed by atoms with E-state index in [-0.39, 0.29) is 10.5 Å². The molecule has 0 aliphatic carbocycles. The van der Waals surface area contributed by atoms with Gasteiger partial charge in [-0.1, -0.05) is 13.8 Å². The number of halogens is 1. The van der Waals surface area contributed by atoms with Gasteiger partial charge in [-0.25, -0.2) is 8.42 Å². The van der Waals surface area contributed by atoms with Crippen LogP contribution in [-0.2, 0) is 10.0 Å². The number of sulfonamides is 1. The lowest BCUT2D eigenvalue weighted by Crippen LogP contribution is -2.48. The molecule has 0 unspecified atom stereocenters. The summed E-state index contributed by atoms with van der Waals surface area (Å²) >= 11 is 5.60. The monoisotopic (exact) mass is 374 g/mol. The number of hydrogen-bond acceptors (Lipinski definition) is 5. The third kappa shape index (κ3) is 4.27. The molecule has 6 nitrogen and oxygen atoms in total. The molecule has 0 N–H and O–H groups in total. The van der Waals surface area contributed by atoms with E-state index in [0.717, 1.165) is 13.0 Å². The summed E-state index contributed by atoms with van der Waals surface area (Å²) in [7, 11) is -3.65. The molecule has 24 heavy (non-hydrogen) atoms. The fraction of sp³-hybridized carbons (Fsp3) is 0.562. The van der Waals surface area contributed by atoms with E-state index in [0.29, 0.717) is 38.5 Å². The molecule has 1 aliphatic heterocycles. The van der Waals surface area contributed by atoms with Crippen LogP contribution in [-0.4, -0.2) is 62.2 Å². The van der Waals surface area contributed by atoms with Crippen molar-refractivity contribution in [1.82, 2.24) is 9.21 Å². The molecule has 2 rings (SSSR count). The summed E-state index contributed by atoms with van der Waals surface area (Å²) < 4.78 is 32.5. The molecule has 1 aliphatic rings. The second kappa shape index (κ2) is 8.29. The van der Waals surface area contributed by atoms with Crippen molar-refractivity contribution in [3.8, 4) is 5.75 Å². The lowest BCUT2D eigenvalue weighted by atomic mass is 10.2. The van der Waals surface area contributed by atoms with Crippen LogP contribution in [0.1, 0.15) is 30.6 Å². The summed E-state index contributed by atoms with van der Waals surface area (Å²) in [5, 5.41) is -0.728. The Morgan fingerprint density at radius 1 is 1.21 bits per heavy atom. The zero-order chi connectivity index (χ0) is 17.7. The Bertz CT molecular complexity index is 685. The lowest BCUT2D eigenvalue weighted by Gasteiger charge is -2.33. The van der Waals surface area contributed by atoms with E-state index in [4.69, 9.17) is 16.3 Å². The zero-order valence-electron chi connectivity index (χ0n) is 14.0. The normalized spacial score (nSPS) is 17.0. The fourth-order valence-corrected chi connectivity index (χ4v) is 4.19. The van der Waals surface area contributed by atoms with Gasteiger partial charge in [-0.3, -0.25) is 4.79 Å². The number of hydrogen-bond donors (Lipinski definition) is 0. The second-order valence-corrected chi connectivity index (χ2v) is 7.90. The Hall–Kier alpha value is -1.15. The predicted octanol–water partition coefficient (Wildman–Crippen LogP) is 2.18. The van der Waals surface area contributed by atoms with Crippen LogP contribution in [0.25, 0.3) is 0 Å². The highest BCUT2D eigenvalue weighted by Crippen LogP contribution is 2.27. The molecule has 0 bridgehead atoms. The Kier molecular flexibility index (Phi) is 6.62. The maximum Gasteiger partial charge on any atom is 0.256 e. The predicted molar refractivity (Wildman–Crippen MR) is 93.3 cm³/mol. The van der Waals surface area contributed by atoms with Crippen molar-refractivity contribution in [2.75, 3.05) is 39.3 Å².